The topological polar surface area (TPSA) is 62.6 Å². The Hall–Kier alpha value is -3.26. The number of hydrogen-bond donors (Lipinski definition) is 0. The van der Waals surface area contributed by atoms with E-state index >= 15 is 0 Å². The number of methoxy groups -OCH3 is 2. The van der Waals surface area contributed by atoms with Crippen LogP contribution in [-0.2, 0) is 17.8 Å². The van der Waals surface area contributed by atoms with Crippen molar-refractivity contribution in [1.82, 2.24) is 4.90 Å². The lowest BCUT2D eigenvalue weighted by atomic mass is 9.99. The summed E-state index contributed by atoms with van der Waals surface area (Å²) in [6, 6.07) is 15.4. The number of benzene rings is 2. The number of carbonyl (C=O) groups is 1. The molecule has 0 radical (unpaired) electrons. The van der Waals surface area contributed by atoms with E-state index in [0.29, 0.717) is 30.2 Å². The van der Waals surface area contributed by atoms with E-state index in [1.807, 2.05) is 24.3 Å². The van der Waals surface area contributed by atoms with Gasteiger partial charge in [-0.1, -0.05) is 24.3 Å². The number of nitrogens with zero attached hydrogens (tertiary/aromatic N) is 2. The van der Waals surface area contributed by atoms with Gasteiger partial charge in [0.05, 0.1) is 14.2 Å². The fourth-order valence-corrected chi connectivity index (χ4v) is 3.09. The first kappa shape index (κ1) is 17.6. The van der Waals surface area contributed by atoms with Gasteiger partial charge in [0, 0.05) is 18.7 Å². The minimum Gasteiger partial charge on any atom is -0.497 e. The standard InChI is InChI=1S/C21H20N2O3/c1-25-19-7-8-20(26-2)17(12-19)11-18(13-22)21(24)23-10-9-15-5-3-4-6-16(15)14-23/h3-8,11-12H,9-10,14H2,1-2H3/b18-11+. The second-order valence-corrected chi connectivity index (χ2v) is 6.02. The number of hydrogen-bond acceptors (Lipinski definition) is 4. The second kappa shape index (κ2) is 7.75. The summed E-state index contributed by atoms with van der Waals surface area (Å²) in [4.78, 5) is 14.6. The van der Waals surface area contributed by atoms with E-state index in [1.54, 1.807) is 43.4 Å². The van der Waals surface area contributed by atoms with Crippen LogP contribution in [0.2, 0.25) is 0 Å². The molecule has 5 heteroatoms. The molecule has 132 valence electrons. The van der Waals surface area contributed by atoms with Crippen molar-refractivity contribution in [1.29, 1.82) is 5.26 Å². The fraction of sp³-hybridized carbons (Fsp3) is 0.238. The maximum absolute atomic E-state index is 12.9. The maximum Gasteiger partial charge on any atom is 0.264 e. The minimum atomic E-state index is -0.271. The number of nitriles is 1. The molecule has 0 saturated carbocycles. The van der Waals surface area contributed by atoms with E-state index in [0.717, 1.165) is 12.0 Å². The molecule has 5 nitrogen and oxygen atoms in total. The zero-order valence-corrected chi connectivity index (χ0v) is 14.9. The average molecular weight is 348 g/mol. The summed E-state index contributed by atoms with van der Waals surface area (Å²) in [7, 11) is 3.12. The molecule has 3 rings (SSSR count). The van der Waals surface area contributed by atoms with E-state index < -0.39 is 0 Å². The van der Waals surface area contributed by atoms with Gasteiger partial charge in [-0.25, -0.2) is 0 Å². The summed E-state index contributed by atoms with van der Waals surface area (Å²) >= 11 is 0. The van der Waals surface area contributed by atoms with Crippen molar-refractivity contribution in [3.63, 3.8) is 0 Å². The summed E-state index contributed by atoms with van der Waals surface area (Å²) in [5.41, 5.74) is 3.10. The van der Waals surface area contributed by atoms with Crippen LogP contribution in [-0.4, -0.2) is 31.6 Å². The third-order valence-corrected chi connectivity index (χ3v) is 4.51. The highest BCUT2D eigenvalue weighted by molar-refractivity contribution is 6.02. The molecule has 0 fully saturated rings. The number of ether oxygens (including phenoxy) is 2. The number of carbonyl (C=O) groups excluding carboxylic acids is 1. The molecule has 0 aromatic heterocycles. The van der Waals surface area contributed by atoms with Gasteiger partial charge in [0.1, 0.15) is 23.1 Å². The zero-order chi connectivity index (χ0) is 18.5. The Kier molecular flexibility index (Phi) is 5.23. The van der Waals surface area contributed by atoms with Gasteiger partial charge < -0.3 is 14.4 Å². The highest BCUT2D eigenvalue weighted by Gasteiger charge is 2.23. The molecule has 1 heterocycles. The van der Waals surface area contributed by atoms with Gasteiger partial charge in [0.2, 0.25) is 0 Å². The van der Waals surface area contributed by atoms with Gasteiger partial charge in [-0.3, -0.25) is 4.79 Å². The molecule has 0 spiro atoms. The lowest BCUT2D eigenvalue weighted by molar-refractivity contribution is -0.127. The molecular formula is C21H20N2O3. The van der Waals surface area contributed by atoms with E-state index in [4.69, 9.17) is 9.47 Å². The van der Waals surface area contributed by atoms with E-state index in [1.165, 1.54) is 5.56 Å². The molecule has 0 saturated heterocycles. The summed E-state index contributed by atoms with van der Waals surface area (Å²) in [5.74, 6) is 0.941. The summed E-state index contributed by atoms with van der Waals surface area (Å²) in [6.45, 7) is 1.12. The van der Waals surface area contributed by atoms with Gasteiger partial charge in [0.15, 0.2) is 0 Å². The Morgan fingerprint density at radius 2 is 1.92 bits per heavy atom. The molecule has 0 N–H and O–H groups in total. The fourth-order valence-electron chi connectivity index (χ4n) is 3.09. The van der Waals surface area contributed by atoms with Gasteiger partial charge >= 0.3 is 0 Å². The first-order valence-corrected chi connectivity index (χ1v) is 8.36. The predicted molar refractivity (Wildman–Crippen MR) is 98.7 cm³/mol. The molecule has 1 amide bonds. The van der Waals surface area contributed by atoms with Crippen LogP contribution in [0.25, 0.3) is 6.08 Å². The third kappa shape index (κ3) is 3.55. The van der Waals surface area contributed by atoms with Crippen molar-refractivity contribution in [2.45, 2.75) is 13.0 Å². The number of fused-ring (bicyclic) bond motifs is 1. The SMILES string of the molecule is COc1ccc(OC)c(/C=C(\C#N)C(=O)N2CCc3ccccc3C2)c1. The highest BCUT2D eigenvalue weighted by Crippen LogP contribution is 2.27. The molecule has 26 heavy (non-hydrogen) atoms. The highest BCUT2D eigenvalue weighted by atomic mass is 16.5. The van der Waals surface area contributed by atoms with Crippen LogP contribution >= 0.6 is 0 Å². The molecule has 0 unspecified atom stereocenters. The molecule has 2 aromatic carbocycles. The number of amides is 1. The Morgan fingerprint density at radius 1 is 1.15 bits per heavy atom. The predicted octanol–water partition coefficient (Wildman–Crippen LogP) is 3.20. The number of rotatable bonds is 4. The van der Waals surface area contributed by atoms with Crippen LogP contribution in [0.1, 0.15) is 16.7 Å². The average Bonchev–Trinajstić information content (AvgIpc) is 2.70. The Bertz CT molecular complexity index is 896. The first-order chi connectivity index (χ1) is 12.7. The first-order valence-electron chi connectivity index (χ1n) is 8.36. The van der Waals surface area contributed by atoms with Crippen molar-refractivity contribution in [2.24, 2.45) is 0 Å². The van der Waals surface area contributed by atoms with E-state index in [9.17, 15) is 10.1 Å². The maximum atomic E-state index is 12.9. The molecule has 2 aromatic rings. The Labute approximate surface area is 153 Å². The zero-order valence-electron chi connectivity index (χ0n) is 14.9. The van der Waals surface area contributed by atoms with E-state index in [2.05, 4.69) is 6.07 Å². The quantitative estimate of drug-likeness (QED) is 0.629. The molecule has 1 aliphatic rings. The van der Waals surface area contributed by atoms with Crippen molar-refractivity contribution >= 4 is 12.0 Å². The van der Waals surface area contributed by atoms with E-state index in [-0.39, 0.29) is 11.5 Å². The minimum absolute atomic E-state index is 0.0796. The monoisotopic (exact) mass is 348 g/mol. The van der Waals surface area contributed by atoms with Crippen LogP contribution in [0.15, 0.2) is 48.0 Å². The lowest BCUT2D eigenvalue weighted by Gasteiger charge is -2.28. The van der Waals surface area contributed by atoms with Crippen molar-refractivity contribution in [2.75, 3.05) is 20.8 Å². The third-order valence-electron chi connectivity index (χ3n) is 4.51. The molecular weight excluding hydrogens is 328 g/mol. The van der Waals surface area contributed by atoms with Crippen LogP contribution in [0.4, 0.5) is 0 Å². The largest absolute Gasteiger partial charge is 0.497 e. The summed E-state index contributed by atoms with van der Waals surface area (Å²) < 4.78 is 10.5. The second-order valence-electron chi connectivity index (χ2n) is 6.02. The summed E-state index contributed by atoms with van der Waals surface area (Å²) in [5, 5.41) is 9.54. The van der Waals surface area contributed by atoms with Gasteiger partial charge in [-0.2, -0.15) is 5.26 Å². The van der Waals surface area contributed by atoms with Crippen LogP contribution < -0.4 is 9.47 Å². The van der Waals surface area contributed by atoms with Crippen LogP contribution in [0, 0.1) is 11.3 Å². The Balaban J connectivity index is 1.89. The molecule has 0 bridgehead atoms. The normalized spacial score (nSPS) is 13.6. The van der Waals surface area contributed by atoms with Gasteiger partial charge in [-0.15, -0.1) is 0 Å². The lowest BCUT2D eigenvalue weighted by Crippen LogP contribution is -2.36. The molecule has 1 aliphatic heterocycles. The van der Waals surface area contributed by atoms with Crippen LogP contribution in [0.3, 0.4) is 0 Å². The molecule has 0 aliphatic carbocycles. The van der Waals surface area contributed by atoms with Crippen LogP contribution in [0.5, 0.6) is 11.5 Å². The molecule has 0 atom stereocenters. The smallest absolute Gasteiger partial charge is 0.264 e. The van der Waals surface area contributed by atoms with Crippen molar-refractivity contribution < 1.29 is 14.3 Å². The van der Waals surface area contributed by atoms with Gasteiger partial charge in [-0.05, 0) is 41.8 Å². The summed E-state index contributed by atoms with van der Waals surface area (Å²) in [6.07, 6.45) is 2.35. The van der Waals surface area contributed by atoms with Crippen molar-refractivity contribution in [3.8, 4) is 17.6 Å². The van der Waals surface area contributed by atoms with Gasteiger partial charge in [0.25, 0.3) is 5.91 Å². The van der Waals surface area contributed by atoms with Crippen molar-refractivity contribution in [3.05, 3.63) is 64.7 Å². The Morgan fingerprint density at radius 3 is 2.62 bits per heavy atom.